The van der Waals surface area contributed by atoms with E-state index in [4.69, 9.17) is 5.11 Å². The van der Waals surface area contributed by atoms with Gasteiger partial charge in [0.2, 0.25) is 11.6 Å². The normalized spacial score (nSPS) is 10.3. The topological polar surface area (TPSA) is 63.6 Å². The highest BCUT2D eigenvalue weighted by molar-refractivity contribution is 5.86. The molecule has 2 aromatic rings. The fraction of sp³-hybridized carbons (Fsp3) is 0.100. The molecule has 0 bridgehead atoms. The molecule has 184 valence electrons. The van der Waals surface area contributed by atoms with E-state index < -0.39 is 99.8 Å². The number of esters is 1. The maximum absolute atomic E-state index is 13.1. The zero-order chi connectivity index (χ0) is 26.5. The van der Waals surface area contributed by atoms with Crippen LogP contribution in [0.15, 0.2) is 24.8 Å². The van der Waals surface area contributed by atoms with Crippen molar-refractivity contribution in [3.05, 3.63) is 94.1 Å². The van der Waals surface area contributed by atoms with E-state index in [0.717, 1.165) is 0 Å². The summed E-state index contributed by atoms with van der Waals surface area (Å²) in [6.07, 6.45) is -0.285. The van der Waals surface area contributed by atoms with E-state index in [9.17, 15) is 53.5 Å². The molecule has 0 radical (unpaired) electrons. The van der Waals surface area contributed by atoms with Crippen LogP contribution >= 0.6 is 0 Å². The summed E-state index contributed by atoms with van der Waals surface area (Å²) in [4.78, 5) is 21.0. The van der Waals surface area contributed by atoms with Crippen molar-refractivity contribution in [1.82, 2.24) is 0 Å². The first-order chi connectivity index (χ1) is 15.7. The van der Waals surface area contributed by atoms with Crippen molar-refractivity contribution >= 4 is 11.9 Å². The Bertz CT molecular complexity index is 1120. The lowest BCUT2D eigenvalue weighted by Gasteiger charge is -2.07. The lowest BCUT2D eigenvalue weighted by atomic mass is 10.0. The van der Waals surface area contributed by atoms with Gasteiger partial charge >= 0.3 is 11.9 Å². The summed E-state index contributed by atoms with van der Waals surface area (Å²) < 4.78 is 132. The molecular weight excluding hydrogens is 494 g/mol. The summed E-state index contributed by atoms with van der Waals surface area (Å²) >= 11 is 0. The van der Waals surface area contributed by atoms with E-state index in [0.29, 0.717) is 6.08 Å². The average Bonchev–Trinajstić information content (AvgIpc) is 2.81. The van der Waals surface area contributed by atoms with Crippen LogP contribution in [0.1, 0.15) is 11.1 Å². The Morgan fingerprint density at radius 2 is 1.00 bits per heavy atom. The summed E-state index contributed by atoms with van der Waals surface area (Å²) in [5.41, 5.74) is -3.11. The number of hydrogen-bond donors (Lipinski definition) is 1. The zero-order valence-electron chi connectivity index (χ0n) is 16.4. The van der Waals surface area contributed by atoms with Gasteiger partial charge in [0.25, 0.3) is 0 Å². The largest absolute Gasteiger partial charge is 0.478 e. The molecular formula is C20H10F10O4. The molecule has 0 atom stereocenters. The second-order valence-corrected chi connectivity index (χ2v) is 5.99. The molecule has 2 aromatic carbocycles. The number of hydrogen-bond acceptors (Lipinski definition) is 3. The van der Waals surface area contributed by atoms with Crippen molar-refractivity contribution < 1.29 is 63.3 Å². The van der Waals surface area contributed by atoms with Crippen molar-refractivity contribution in [3.63, 3.8) is 0 Å². The third-order valence-corrected chi connectivity index (χ3v) is 3.82. The SMILES string of the molecule is C=C(Cc1c(F)c(F)c(F)c(F)c1F)C(=O)O.C=CC(=O)OCc1c(F)c(F)c(F)c(F)c1F. The number of carboxylic acid groups (broad SMARTS) is 1. The van der Waals surface area contributed by atoms with Crippen LogP contribution in [0.2, 0.25) is 0 Å². The highest BCUT2D eigenvalue weighted by atomic mass is 19.2. The molecule has 34 heavy (non-hydrogen) atoms. The summed E-state index contributed by atoms with van der Waals surface area (Å²) in [6, 6.07) is 0. The highest BCUT2D eigenvalue weighted by Gasteiger charge is 2.27. The molecule has 0 aromatic heterocycles. The van der Waals surface area contributed by atoms with E-state index in [1.165, 1.54) is 0 Å². The third kappa shape index (κ3) is 5.94. The predicted octanol–water partition coefficient (Wildman–Crippen LogP) is 5.18. The smallest absolute Gasteiger partial charge is 0.331 e. The van der Waals surface area contributed by atoms with Gasteiger partial charge in [-0.3, -0.25) is 0 Å². The van der Waals surface area contributed by atoms with E-state index >= 15 is 0 Å². The van der Waals surface area contributed by atoms with Crippen LogP contribution in [0, 0.1) is 58.2 Å². The van der Waals surface area contributed by atoms with E-state index in [2.05, 4.69) is 17.9 Å². The summed E-state index contributed by atoms with van der Waals surface area (Å²) in [7, 11) is 0. The number of carbonyl (C=O) groups is 2. The van der Waals surface area contributed by atoms with Crippen LogP contribution in [0.4, 0.5) is 43.9 Å². The zero-order valence-corrected chi connectivity index (χ0v) is 16.4. The van der Waals surface area contributed by atoms with E-state index in [-0.39, 0.29) is 0 Å². The van der Waals surface area contributed by atoms with Crippen LogP contribution < -0.4 is 0 Å². The number of rotatable bonds is 6. The highest BCUT2D eigenvalue weighted by Crippen LogP contribution is 2.25. The molecule has 1 N–H and O–H groups in total. The standard InChI is InChI=1S/2C10H5F5O2/c1-3(10(16)17)2-4-5(11)7(13)9(15)8(14)6(4)12;1-2-5(16)17-3-4-6(11)8(13)10(15)9(14)7(4)12/h1-2H2,(H,16,17);2H,1,3H2. The van der Waals surface area contributed by atoms with E-state index in [1.807, 2.05) is 0 Å². The molecule has 0 saturated carbocycles. The number of benzene rings is 2. The van der Waals surface area contributed by atoms with Crippen LogP contribution in [-0.2, 0) is 27.4 Å². The quantitative estimate of drug-likeness (QED) is 0.194. The summed E-state index contributed by atoms with van der Waals surface area (Å²) in [5.74, 6) is -23.8. The first-order valence-electron chi connectivity index (χ1n) is 8.38. The van der Waals surface area contributed by atoms with Crippen molar-refractivity contribution in [2.45, 2.75) is 13.0 Å². The van der Waals surface area contributed by atoms with Crippen LogP contribution in [0.25, 0.3) is 0 Å². The minimum absolute atomic E-state index is 0.687. The monoisotopic (exact) mass is 504 g/mol. The number of aliphatic carboxylic acids is 1. The third-order valence-electron chi connectivity index (χ3n) is 3.82. The maximum atomic E-state index is 13.1. The van der Waals surface area contributed by atoms with Gasteiger partial charge in [-0.25, -0.2) is 53.5 Å². The van der Waals surface area contributed by atoms with Gasteiger partial charge in [-0.1, -0.05) is 13.2 Å². The van der Waals surface area contributed by atoms with Crippen molar-refractivity contribution in [2.75, 3.05) is 0 Å². The Morgan fingerprint density at radius 1 is 0.676 bits per heavy atom. The summed E-state index contributed by atoms with van der Waals surface area (Å²) in [5, 5.41) is 8.41. The molecule has 0 heterocycles. The molecule has 14 heteroatoms. The summed E-state index contributed by atoms with van der Waals surface area (Å²) in [6.45, 7) is 4.87. The lowest BCUT2D eigenvalue weighted by Crippen LogP contribution is -2.10. The van der Waals surface area contributed by atoms with Gasteiger partial charge in [-0.2, -0.15) is 0 Å². The van der Waals surface area contributed by atoms with Gasteiger partial charge < -0.3 is 9.84 Å². The Morgan fingerprint density at radius 3 is 1.32 bits per heavy atom. The Kier molecular flexibility index (Phi) is 9.40. The van der Waals surface area contributed by atoms with Gasteiger partial charge in [0.1, 0.15) is 6.61 Å². The molecule has 0 unspecified atom stereocenters. The van der Waals surface area contributed by atoms with Gasteiger partial charge in [0.15, 0.2) is 46.5 Å². The van der Waals surface area contributed by atoms with Crippen LogP contribution in [0.5, 0.6) is 0 Å². The molecule has 0 aliphatic carbocycles. The second kappa shape index (κ2) is 11.3. The van der Waals surface area contributed by atoms with Gasteiger partial charge in [-0.15, -0.1) is 0 Å². The Hall–Kier alpha value is -3.84. The molecule has 0 saturated heterocycles. The fourth-order valence-electron chi connectivity index (χ4n) is 2.07. The van der Waals surface area contributed by atoms with Crippen molar-refractivity contribution in [1.29, 1.82) is 0 Å². The number of ether oxygens (including phenoxy) is 1. The second-order valence-electron chi connectivity index (χ2n) is 5.99. The van der Waals surface area contributed by atoms with Crippen molar-refractivity contribution in [3.8, 4) is 0 Å². The number of carbonyl (C=O) groups excluding carboxylic acids is 1. The number of halogens is 10. The van der Waals surface area contributed by atoms with Gasteiger partial charge in [0.05, 0.1) is 5.56 Å². The van der Waals surface area contributed by atoms with E-state index in [1.54, 1.807) is 0 Å². The van der Waals surface area contributed by atoms with Crippen LogP contribution in [0.3, 0.4) is 0 Å². The molecule has 0 aliphatic rings. The molecule has 0 spiro atoms. The predicted molar refractivity (Wildman–Crippen MR) is 92.9 cm³/mol. The molecule has 0 amide bonds. The average molecular weight is 504 g/mol. The van der Waals surface area contributed by atoms with Crippen molar-refractivity contribution in [2.24, 2.45) is 0 Å². The van der Waals surface area contributed by atoms with Crippen LogP contribution in [-0.4, -0.2) is 17.0 Å². The Labute approximate surface area is 183 Å². The Balaban J connectivity index is 0.000000340. The number of carboxylic acids is 1. The molecule has 0 fully saturated rings. The minimum atomic E-state index is -2.29. The molecule has 0 aliphatic heterocycles. The lowest BCUT2D eigenvalue weighted by molar-refractivity contribution is -0.139. The fourth-order valence-corrected chi connectivity index (χ4v) is 2.07. The maximum Gasteiger partial charge on any atom is 0.331 e. The van der Waals surface area contributed by atoms with Gasteiger partial charge in [0, 0.05) is 23.6 Å². The first-order valence-corrected chi connectivity index (χ1v) is 8.38. The first kappa shape index (κ1) is 28.2. The minimum Gasteiger partial charge on any atom is -0.478 e. The van der Waals surface area contributed by atoms with Gasteiger partial charge in [-0.05, 0) is 0 Å². The molecule has 2 rings (SSSR count). The molecule has 4 nitrogen and oxygen atoms in total.